The molecule has 1 atom stereocenters. The lowest BCUT2D eigenvalue weighted by Crippen LogP contribution is -2.25. The van der Waals surface area contributed by atoms with Crippen LogP contribution in [0.25, 0.3) is 0 Å². The van der Waals surface area contributed by atoms with Crippen LogP contribution in [0.5, 0.6) is 0 Å². The largest absolute Gasteiger partial charge is 0.480 e. The summed E-state index contributed by atoms with van der Waals surface area (Å²) in [5, 5.41) is 8.72. The van der Waals surface area contributed by atoms with Crippen LogP contribution in [-0.4, -0.2) is 42.5 Å². The molecule has 0 aromatic carbocycles. The fraction of sp³-hybridized carbons (Fsp3) is 0.750. The van der Waals surface area contributed by atoms with Crippen LogP contribution in [0.1, 0.15) is 13.8 Å². The van der Waals surface area contributed by atoms with Crippen molar-refractivity contribution in [3.05, 3.63) is 0 Å². The molecule has 0 saturated carbocycles. The second-order valence-corrected chi connectivity index (χ2v) is 3.26. The van der Waals surface area contributed by atoms with Gasteiger partial charge in [0.15, 0.2) is 6.04 Å². The predicted octanol–water partition coefficient (Wildman–Crippen LogP) is 0.685. The highest BCUT2D eigenvalue weighted by molar-refractivity contribution is 5.76. The van der Waals surface area contributed by atoms with Crippen molar-refractivity contribution in [2.24, 2.45) is 10.9 Å². The van der Waals surface area contributed by atoms with E-state index >= 15 is 0 Å². The SMILES string of the molecule is CC(C)[C@H](N=CN(C)C)C(=O)O. The van der Waals surface area contributed by atoms with Crippen LogP contribution in [0.15, 0.2) is 4.99 Å². The summed E-state index contributed by atoms with van der Waals surface area (Å²) in [6, 6.07) is -0.632. The molecule has 0 unspecified atom stereocenters. The van der Waals surface area contributed by atoms with Crippen molar-refractivity contribution in [1.29, 1.82) is 0 Å². The number of carbonyl (C=O) groups is 1. The number of hydrogen-bond donors (Lipinski definition) is 1. The lowest BCUT2D eigenvalue weighted by molar-refractivity contribution is -0.139. The summed E-state index contributed by atoms with van der Waals surface area (Å²) in [6.07, 6.45) is 1.53. The Labute approximate surface area is 72.9 Å². The van der Waals surface area contributed by atoms with Crippen molar-refractivity contribution in [3.63, 3.8) is 0 Å². The molecule has 12 heavy (non-hydrogen) atoms. The molecule has 0 aromatic rings. The molecule has 0 aliphatic heterocycles. The summed E-state index contributed by atoms with van der Waals surface area (Å²) in [5.74, 6) is -0.846. The number of rotatable bonds is 4. The highest BCUT2D eigenvalue weighted by atomic mass is 16.4. The molecular formula is C8H16N2O2. The number of aliphatic imine (C=N–C) groups is 1. The fourth-order valence-electron chi connectivity index (χ4n) is 0.726. The second kappa shape index (κ2) is 4.74. The minimum Gasteiger partial charge on any atom is -0.480 e. The van der Waals surface area contributed by atoms with Gasteiger partial charge < -0.3 is 10.0 Å². The molecular weight excluding hydrogens is 156 g/mol. The van der Waals surface area contributed by atoms with Gasteiger partial charge in [-0.15, -0.1) is 0 Å². The Balaban J connectivity index is 4.24. The number of carboxylic acid groups (broad SMARTS) is 1. The minimum atomic E-state index is -0.872. The maximum Gasteiger partial charge on any atom is 0.328 e. The quantitative estimate of drug-likeness (QED) is 0.501. The molecule has 1 N–H and O–H groups in total. The summed E-state index contributed by atoms with van der Waals surface area (Å²) in [5.41, 5.74) is 0. The molecule has 0 aromatic heterocycles. The third kappa shape index (κ3) is 3.95. The van der Waals surface area contributed by atoms with Gasteiger partial charge in [-0.1, -0.05) is 13.8 Å². The van der Waals surface area contributed by atoms with Gasteiger partial charge in [0, 0.05) is 14.1 Å². The van der Waals surface area contributed by atoms with Gasteiger partial charge in [0.1, 0.15) is 0 Å². The van der Waals surface area contributed by atoms with E-state index in [4.69, 9.17) is 5.11 Å². The maximum atomic E-state index is 10.6. The van der Waals surface area contributed by atoms with Gasteiger partial charge >= 0.3 is 5.97 Å². The maximum absolute atomic E-state index is 10.6. The summed E-state index contributed by atoms with van der Waals surface area (Å²) in [4.78, 5) is 16.3. The summed E-state index contributed by atoms with van der Waals surface area (Å²) in [6.45, 7) is 3.68. The third-order valence-electron chi connectivity index (χ3n) is 1.34. The molecule has 0 aliphatic rings. The molecule has 0 fully saturated rings. The normalized spacial score (nSPS) is 13.8. The molecule has 0 spiro atoms. The van der Waals surface area contributed by atoms with Gasteiger partial charge in [0.25, 0.3) is 0 Å². The van der Waals surface area contributed by atoms with Gasteiger partial charge in [-0.25, -0.2) is 4.79 Å². The Morgan fingerprint density at radius 1 is 1.50 bits per heavy atom. The van der Waals surface area contributed by atoms with Crippen molar-refractivity contribution in [2.45, 2.75) is 19.9 Å². The Kier molecular flexibility index (Phi) is 4.33. The fourth-order valence-corrected chi connectivity index (χ4v) is 0.726. The second-order valence-electron chi connectivity index (χ2n) is 3.26. The predicted molar refractivity (Wildman–Crippen MR) is 48.4 cm³/mol. The van der Waals surface area contributed by atoms with E-state index in [2.05, 4.69) is 4.99 Å². The van der Waals surface area contributed by atoms with Crippen molar-refractivity contribution in [1.82, 2.24) is 4.90 Å². The van der Waals surface area contributed by atoms with Crippen molar-refractivity contribution < 1.29 is 9.90 Å². The van der Waals surface area contributed by atoms with Crippen LogP contribution in [0, 0.1) is 5.92 Å². The van der Waals surface area contributed by atoms with Crippen LogP contribution in [0.4, 0.5) is 0 Å². The molecule has 0 aliphatic carbocycles. The first kappa shape index (κ1) is 10.9. The molecule has 0 bridgehead atoms. The lowest BCUT2D eigenvalue weighted by atomic mass is 10.1. The zero-order valence-corrected chi connectivity index (χ0v) is 7.98. The van der Waals surface area contributed by atoms with Gasteiger partial charge in [-0.3, -0.25) is 4.99 Å². The highest BCUT2D eigenvalue weighted by Gasteiger charge is 2.19. The first-order valence-corrected chi connectivity index (χ1v) is 3.87. The average molecular weight is 172 g/mol. The first-order chi connectivity index (χ1) is 5.45. The summed E-state index contributed by atoms with van der Waals surface area (Å²) in [7, 11) is 3.62. The Morgan fingerprint density at radius 3 is 2.25 bits per heavy atom. The van der Waals surface area contributed by atoms with Crippen LogP contribution in [0.2, 0.25) is 0 Å². The number of carboxylic acids is 1. The standard InChI is InChI=1S/C8H16N2O2/c1-6(2)7(8(11)12)9-5-10(3)4/h5-7H,1-4H3,(H,11,12)/t7-/m0/s1. The van der Waals surface area contributed by atoms with E-state index in [1.807, 2.05) is 27.9 Å². The third-order valence-corrected chi connectivity index (χ3v) is 1.34. The van der Waals surface area contributed by atoms with Gasteiger partial charge in [-0.2, -0.15) is 0 Å². The van der Waals surface area contributed by atoms with Crippen LogP contribution in [-0.2, 0) is 4.79 Å². The van der Waals surface area contributed by atoms with E-state index in [1.165, 1.54) is 6.34 Å². The Morgan fingerprint density at radius 2 is 2.00 bits per heavy atom. The van der Waals surface area contributed by atoms with Gasteiger partial charge in [0.05, 0.1) is 6.34 Å². The van der Waals surface area contributed by atoms with Gasteiger partial charge in [-0.05, 0) is 5.92 Å². The zero-order chi connectivity index (χ0) is 9.72. The number of aliphatic carboxylic acids is 1. The van der Waals surface area contributed by atoms with Crippen molar-refractivity contribution >= 4 is 12.3 Å². The first-order valence-electron chi connectivity index (χ1n) is 3.87. The Hall–Kier alpha value is -1.06. The van der Waals surface area contributed by atoms with E-state index in [9.17, 15) is 4.79 Å². The molecule has 4 heteroatoms. The number of nitrogens with zero attached hydrogens (tertiary/aromatic N) is 2. The molecule has 0 rings (SSSR count). The van der Waals surface area contributed by atoms with Crippen LogP contribution >= 0.6 is 0 Å². The minimum absolute atomic E-state index is 0.0266. The number of hydrogen-bond acceptors (Lipinski definition) is 2. The molecule has 4 nitrogen and oxygen atoms in total. The smallest absolute Gasteiger partial charge is 0.328 e. The van der Waals surface area contributed by atoms with E-state index in [0.29, 0.717) is 0 Å². The van der Waals surface area contributed by atoms with Crippen LogP contribution < -0.4 is 0 Å². The molecule has 0 radical (unpaired) electrons. The van der Waals surface area contributed by atoms with Crippen LogP contribution in [0.3, 0.4) is 0 Å². The Bertz CT molecular complexity index is 176. The molecule has 70 valence electrons. The summed E-state index contributed by atoms with van der Waals surface area (Å²) < 4.78 is 0. The highest BCUT2D eigenvalue weighted by Crippen LogP contribution is 2.05. The van der Waals surface area contributed by atoms with E-state index in [-0.39, 0.29) is 5.92 Å². The summed E-state index contributed by atoms with van der Waals surface area (Å²) >= 11 is 0. The molecule has 0 saturated heterocycles. The molecule has 0 amide bonds. The monoisotopic (exact) mass is 172 g/mol. The van der Waals surface area contributed by atoms with Crippen molar-refractivity contribution in [3.8, 4) is 0 Å². The topological polar surface area (TPSA) is 52.9 Å². The van der Waals surface area contributed by atoms with Crippen molar-refractivity contribution in [2.75, 3.05) is 14.1 Å². The van der Waals surface area contributed by atoms with E-state index < -0.39 is 12.0 Å². The molecule has 0 heterocycles. The average Bonchev–Trinajstić information content (AvgIpc) is 1.84. The van der Waals surface area contributed by atoms with E-state index in [1.54, 1.807) is 4.90 Å². The van der Waals surface area contributed by atoms with Gasteiger partial charge in [0.2, 0.25) is 0 Å². The zero-order valence-electron chi connectivity index (χ0n) is 7.98. The van der Waals surface area contributed by atoms with E-state index in [0.717, 1.165) is 0 Å². The lowest BCUT2D eigenvalue weighted by Gasteiger charge is -2.12.